The summed E-state index contributed by atoms with van der Waals surface area (Å²) in [6.07, 6.45) is 1.31. The Morgan fingerprint density at radius 1 is 1.06 bits per heavy atom. The van der Waals surface area contributed by atoms with Crippen molar-refractivity contribution in [3.63, 3.8) is 0 Å². The van der Waals surface area contributed by atoms with Gasteiger partial charge in [-0.25, -0.2) is 10.1 Å². The summed E-state index contributed by atoms with van der Waals surface area (Å²) in [5.74, 6) is 1.08. The molecule has 10 nitrogen and oxygen atoms in total. The molecule has 0 saturated carbocycles. The van der Waals surface area contributed by atoms with Gasteiger partial charge in [-0.15, -0.1) is 8.57 Å². The molecule has 0 bridgehead atoms. The van der Waals surface area contributed by atoms with Crippen molar-refractivity contribution in [3.8, 4) is 5.75 Å². The summed E-state index contributed by atoms with van der Waals surface area (Å²) in [7, 11) is -2.77. The largest absolute Gasteiger partial charge is 0.497 e. The lowest BCUT2D eigenvalue weighted by atomic mass is 10.3. The molecule has 164 valence electrons. The Kier molecular flexibility index (Phi) is 6.61. The van der Waals surface area contributed by atoms with Crippen LogP contribution in [0.3, 0.4) is 0 Å². The summed E-state index contributed by atoms with van der Waals surface area (Å²) in [4.78, 5) is 10.2. The van der Waals surface area contributed by atoms with Crippen molar-refractivity contribution in [2.24, 2.45) is 9.98 Å². The van der Waals surface area contributed by atoms with E-state index in [2.05, 4.69) is 15.3 Å². The van der Waals surface area contributed by atoms with E-state index in [1.165, 1.54) is 6.34 Å². The number of guanidine groups is 1. The predicted octanol–water partition coefficient (Wildman–Crippen LogP) is 2.06. The molecule has 0 aliphatic carbocycles. The third-order valence-electron chi connectivity index (χ3n) is 4.23. The Bertz CT molecular complexity index is 1060. The maximum Gasteiger partial charge on any atom is 0.442 e. The van der Waals surface area contributed by atoms with Gasteiger partial charge in [0.15, 0.2) is 0 Å². The number of nitrogens with zero attached hydrogens (tertiary/aromatic N) is 4. The smallest absolute Gasteiger partial charge is 0.442 e. The average molecular weight is 464 g/mol. The van der Waals surface area contributed by atoms with E-state index < -0.39 is 10.4 Å². The number of methoxy groups -OCH3 is 1. The van der Waals surface area contributed by atoms with E-state index in [0.717, 1.165) is 25.7 Å². The lowest BCUT2D eigenvalue weighted by Gasteiger charge is -2.23. The first-order chi connectivity index (χ1) is 15.0. The van der Waals surface area contributed by atoms with E-state index in [-0.39, 0.29) is 5.96 Å². The monoisotopic (exact) mass is 463 g/mol. The summed E-state index contributed by atoms with van der Waals surface area (Å²) in [6.45, 7) is 1.89. The molecule has 2 heterocycles. The summed E-state index contributed by atoms with van der Waals surface area (Å²) in [5.41, 5.74) is 0.481. The van der Waals surface area contributed by atoms with Crippen molar-refractivity contribution in [2.75, 3.05) is 38.4 Å². The highest BCUT2D eigenvalue weighted by molar-refractivity contribution is 7.99. The third-order valence-corrected chi connectivity index (χ3v) is 5.95. The lowest BCUT2D eigenvalue weighted by Crippen LogP contribution is -2.41. The zero-order valence-electron chi connectivity index (χ0n) is 16.7. The summed E-state index contributed by atoms with van der Waals surface area (Å²) in [5, 5.41) is 5.22. The molecule has 0 unspecified atom stereocenters. The van der Waals surface area contributed by atoms with Crippen molar-refractivity contribution in [1.82, 2.24) is 10.4 Å². The SMILES string of the molecule is COc1ccc(Sc2ccc(N(OS(=O)(=O)ON3C=NCC3)C3=NCCN3)cc2)cc1. The number of benzene rings is 2. The molecule has 0 aromatic heterocycles. The van der Waals surface area contributed by atoms with Crippen molar-refractivity contribution < 1.29 is 21.7 Å². The van der Waals surface area contributed by atoms with Crippen LogP contribution < -0.4 is 15.1 Å². The highest BCUT2D eigenvalue weighted by Crippen LogP contribution is 2.31. The topological polar surface area (TPSA) is 105 Å². The highest BCUT2D eigenvalue weighted by atomic mass is 32.3. The maximum atomic E-state index is 12.4. The van der Waals surface area contributed by atoms with Gasteiger partial charge >= 0.3 is 10.4 Å². The number of aliphatic imine (C=N–C) groups is 2. The molecular weight excluding hydrogens is 442 g/mol. The van der Waals surface area contributed by atoms with E-state index in [1.807, 2.05) is 36.4 Å². The first-order valence-corrected chi connectivity index (χ1v) is 11.6. The molecule has 0 spiro atoms. The molecule has 1 N–H and O–H groups in total. The molecule has 0 radical (unpaired) electrons. The predicted molar refractivity (Wildman–Crippen MR) is 117 cm³/mol. The zero-order valence-corrected chi connectivity index (χ0v) is 18.3. The zero-order chi connectivity index (χ0) is 21.7. The molecule has 4 rings (SSSR count). The van der Waals surface area contributed by atoms with Gasteiger partial charge in [-0.3, -0.25) is 4.99 Å². The second-order valence-corrected chi connectivity index (χ2v) is 8.68. The van der Waals surface area contributed by atoms with E-state index in [4.69, 9.17) is 13.3 Å². The first-order valence-electron chi connectivity index (χ1n) is 9.43. The molecule has 2 aromatic carbocycles. The van der Waals surface area contributed by atoms with Crippen LogP contribution in [0.1, 0.15) is 0 Å². The van der Waals surface area contributed by atoms with Crippen LogP contribution in [0.2, 0.25) is 0 Å². The van der Waals surface area contributed by atoms with Gasteiger partial charge in [0, 0.05) is 16.3 Å². The molecule has 0 fully saturated rings. The summed E-state index contributed by atoms with van der Waals surface area (Å²) < 4.78 is 40.1. The number of nitrogens with one attached hydrogen (secondary N) is 1. The van der Waals surface area contributed by atoms with E-state index in [9.17, 15) is 8.42 Å². The normalized spacial score (nSPS) is 15.6. The van der Waals surface area contributed by atoms with Crippen molar-refractivity contribution in [3.05, 3.63) is 48.5 Å². The Morgan fingerprint density at radius 2 is 1.77 bits per heavy atom. The van der Waals surface area contributed by atoms with Gasteiger partial charge in [-0.05, 0) is 48.5 Å². The Hall–Kier alpha value is -2.80. The number of hydrogen-bond donors (Lipinski definition) is 1. The van der Waals surface area contributed by atoms with Crippen LogP contribution >= 0.6 is 11.8 Å². The van der Waals surface area contributed by atoms with Gasteiger partial charge < -0.3 is 10.1 Å². The number of ether oxygens (including phenoxy) is 1. The number of rotatable bonds is 8. The van der Waals surface area contributed by atoms with Gasteiger partial charge in [-0.1, -0.05) is 11.8 Å². The number of hydrogen-bond acceptors (Lipinski definition) is 11. The second kappa shape index (κ2) is 9.56. The van der Waals surface area contributed by atoms with Gasteiger partial charge in [0.2, 0.25) is 5.96 Å². The first kappa shape index (κ1) is 21.4. The molecule has 2 aliphatic heterocycles. The molecule has 31 heavy (non-hydrogen) atoms. The third kappa shape index (κ3) is 5.67. The van der Waals surface area contributed by atoms with E-state index in [0.29, 0.717) is 31.9 Å². The standard InChI is InChI=1S/C19H21N5O5S2/c1-27-16-4-8-18(9-5-16)30-17-6-2-15(3-7-17)24(19-21-10-11-22-19)29-31(25,26)28-23-13-12-20-14-23/h2-9,14H,10-13H2,1H3,(H,21,22). The van der Waals surface area contributed by atoms with Gasteiger partial charge in [-0.2, -0.15) is 13.5 Å². The fourth-order valence-electron chi connectivity index (χ4n) is 2.79. The van der Waals surface area contributed by atoms with Crippen molar-refractivity contribution >= 4 is 40.1 Å². The fourth-order valence-corrected chi connectivity index (χ4v) is 4.32. The van der Waals surface area contributed by atoms with Crippen LogP contribution in [0.15, 0.2) is 68.3 Å². The molecule has 2 aromatic rings. The minimum absolute atomic E-state index is 0.290. The molecule has 12 heteroatoms. The quantitative estimate of drug-likeness (QED) is 0.589. The molecule has 0 saturated heterocycles. The van der Waals surface area contributed by atoms with E-state index in [1.54, 1.807) is 31.0 Å². The number of anilines is 1. The Morgan fingerprint density at radius 3 is 2.35 bits per heavy atom. The summed E-state index contributed by atoms with van der Waals surface area (Å²) >= 11 is 1.57. The molecule has 0 atom stereocenters. The molecule has 0 amide bonds. The van der Waals surface area contributed by atoms with Crippen LogP contribution in [0.5, 0.6) is 5.75 Å². The average Bonchev–Trinajstić information content (AvgIpc) is 3.47. The molecule has 2 aliphatic rings. The van der Waals surface area contributed by atoms with Gasteiger partial charge in [0.1, 0.15) is 12.1 Å². The second-order valence-electron chi connectivity index (χ2n) is 6.42. The van der Waals surface area contributed by atoms with Crippen molar-refractivity contribution in [2.45, 2.75) is 9.79 Å². The van der Waals surface area contributed by atoms with Crippen LogP contribution in [0, 0.1) is 0 Å². The molecular formula is C19H21N5O5S2. The van der Waals surface area contributed by atoms with Crippen LogP contribution in [-0.2, 0) is 19.0 Å². The van der Waals surface area contributed by atoms with Gasteiger partial charge in [0.25, 0.3) is 0 Å². The Labute approximate surface area is 184 Å². The highest BCUT2D eigenvalue weighted by Gasteiger charge is 2.28. The van der Waals surface area contributed by atoms with Gasteiger partial charge in [0.05, 0.1) is 32.4 Å². The van der Waals surface area contributed by atoms with Crippen LogP contribution in [0.25, 0.3) is 0 Å². The summed E-state index contributed by atoms with van der Waals surface area (Å²) in [6, 6.07) is 15.0. The fraction of sp³-hybridized carbons (Fsp3) is 0.263. The Balaban J connectivity index is 1.49. The minimum Gasteiger partial charge on any atom is -0.497 e. The van der Waals surface area contributed by atoms with Crippen LogP contribution in [0.4, 0.5) is 5.69 Å². The maximum absolute atomic E-state index is 12.4. The minimum atomic E-state index is -4.39. The number of hydroxylamine groups is 3. The van der Waals surface area contributed by atoms with Crippen LogP contribution in [-0.4, -0.2) is 59.1 Å². The van der Waals surface area contributed by atoms with Crippen molar-refractivity contribution in [1.29, 1.82) is 0 Å². The van der Waals surface area contributed by atoms with E-state index >= 15 is 0 Å². The lowest BCUT2D eigenvalue weighted by molar-refractivity contribution is 0.0226.